The van der Waals surface area contributed by atoms with Crippen LogP contribution in [-0.4, -0.2) is 34.2 Å². The van der Waals surface area contributed by atoms with Crippen molar-refractivity contribution in [3.63, 3.8) is 0 Å². The number of hydrogen-bond acceptors (Lipinski definition) is 2. The van der Waals surface area contributed by atoms with Gasteiger partial charge in [-0.2, -0.15) is 5.10 Å². The van der Waals surface area contributed by atoms with E-state index in [9.17, 15) is 4.79 Å². The van der Waals surface area contributed by atoms with E-state index < -0.39 is 0 Å². The number of benzene rings is 1. The SMILES string of the molecule is Cc1n[nH]c(C)c1C1CCCN1C(=O)NCC1CC(c2ccccc2)C1. The van der Waals surface area contributed by atoms with E-state index in [0.717, 1.165) is 37.3 Å². The molecule has 1 aliphatic heterocycles. The van der Waals surface area contributed by atoms with E-state index in [-0.39, 0.29) is 12.1 Å². The lowest BCUT2D eigenvalue weighted by atomic mass is 9.71. The number of rotatable bonds is 4. The number of aryl methyl sites for hydroxylation is 2. The monoisotopic (exact) mass is 352 g/mol. The highest BCUT2D eigenvalue weighted by molar-refractivity contribution is 5.75. The lowest BCUT2D eigenvalue weighted by Crippen LogP contribution is -2.43. The van der Waals surface area contributed by atoms with Crippen molar-refractivity contribution in [1.82, 2.24) is 20.4 Å². The summed E-state index contributed by atoms with van der Waals surface area (Å²) in [7, 11) is 0. The molecule has 138 valence electrons. The number of H-pyrrole nitrogens is 1. The molecule has 2 heterocycles. The van der Waals surface area contributed by atoms with Crippen molar-refractivity contribution in [3.05, 3.63) is 52.8 Å². The Hall–Kier alpha value is -2.30. The number of carbonyl (C=O) groups excluding carboxylic acids is 1. The fourth-order valence-electron chi connectivity index (χ4n) is 4.59. The van der Waals surface area contributed by atoms with E-state index in [1.807, 2.05) is 18.7 Å². The van der Waals surface area contributed by atoms with Gasteiger partial charge in [-0.3, -0.25) is 5.10 Å². The van der Waals surface area contributed by atoms with Crippen molar-refractivity contribution in [1.29, 1.82) is 0 Å². The molecule has 0 bridgehead atoms. The molecule has 0 radical (unpaired) electrons. The van der Waals surface area contributed by atoms with Crippen LogP contribution in [0.15, 0.2) is 30.3 Å². The van der Waals surface area contributed by atoms with Crippen molar-refractivity contribution in [2.45, 2.75) is 51.5 Å². The summed E-state index contributed by atoms with van der Waals surface area (Å²) < 4.78 is 0. The van der Waals surface area contributed by atoms with Crippen LogP contribution in [0, 0.1) is 19.8 Å². The molecule has 2 aliphatic rings. The largest absolute Gasteiger partial charge is 0.338 e. The highest BCUT2D eigenvalue weighted by Crippen LogP contribution is 2.41. The molecule has 0 spiro atoms. The average molecular weight is 352 g/mol. The van der Waals surface area contributed by atoms with Gasteiger partial charge in [0, 0.05) is 24.3 Å². The number of amides is 2. The maximum absolute atomic E-state index is 12.8. The van der Waals surface area contributed by atoms with E-state index >= 15 is 0 Å². The van der Waals surface area contributed by atoms with Crippen LogP contribution in [0.5, 0.6) is 0 Å². The smallest absolute Gasteiger partial charge is 0.317 e. The lowest BCUT2D eigenvalue weighted by Gasteiger charge is -2.36. The molecule has 4 rings (SSSR count). The Morgan fingerprint density at radius 2 is 2.04 bits per heavy atom. The summed E-state index contributed by atoms with van der Waals surface area (Å²) in [6.07, 6.45) is 4.43. The predicted octanol–water partition coefficient (Wildman–Crippen LogP) is 4.07. The molecule has 1 aromatic heterocycles. The second kappa shape index (κ2) is 7.14. The minimum absolute atomic E-state index is 0.0793. The summed E-state index contributed by atoms with van der Waals surface area (Å²) in [4.78, 5) is 14.8. The van der Waals surface area contributed by atoms with E-state index in [0.29, 0.717) is 11.8 Å². The number of hydrogen-bond donors (Lipinski definition) is 2. The van der Waals surface area contributed by atoms with Crippen LogP contribution in [-0.2, 0) is 0 Å². The van der Waals surface area contributed by atoms with Gasteiger partial charge in [0.25, 0.3) is 0 Å². The van der Waals surface area contributed by atoms with Gasteiger partial charge >= 0.3 is 6.03 Å². The molecular weight excluding hydrogens is 324 g/mol. The molecule has 1 saturated carbocycles. The van der Waals surface area contributed by atoms with Crippen LogP contribution < -0.4 is 5.32 Å². The summed E-state index contributed by atoms with van der Waals surface area (Å²) in [5.41, 5.74) is 4.72. The fraction of sp³-hybridized carbons (Fsp3) is 0.524. The number of carbonyl (C=O) groups is 1. The Kier molecular flexibility index (Phi) is 4.70. The van der Waals surface area contributed by atoms with Gasteiger partial charge in [-0.1, -0.05) is 30.3 Å². The van der Waals surface area contributed by atoms with Crippen LogP contribution in [0.25, 0.3) is 0 Å². The van der Waals surface area contributed by atoms with Crippen molar-refractivity contribution < 1.29 is 4.79 Å². The lowest BCUT2D eigenvalue weighted by molar-refractivity contribution is 0.183. The first-order valence-corrected chi connectivity index (χ1v) is 9.74. The normalized spacial score (nSPS) is 25.2. The van der Waals surface area contributed by atoms with Crippen molar-refractivity contribution in [2.75, 3.05) is 13.1 Å². The summed E-state index contributed by atoms with van der Waals surface area (Å²) in [5, 5.41) is 10.5. The molecule has 1 unspecified atom stereocenters. The molecule has 1 aromatic carbocycles. The Balaban J connectivity index is 1.30. The molecule has 5 nitrogen and oxygen atoms in total. The second-order valence-corrected chi connectivity index (χ2v) is 7.83. The fourth-order valence-corrected chi connectivity index (χ4v) is 4.59. The van der Waals surface area contributed by atoms with Gasteiger partial charge in [-0.25, -0.2) is 4.79 Å². The maximum atomic E-state index is 12.8. The Morgan fingerprint density at radius 3 is 2.73 bits per heavy atom. The van der Waals surface area contributed by atoms with Crippen LogP contribution in [0.2, 0.25) is 0 Å². The zero-order valence-corrected chi connectivity index (χ0v) is 15.7. The van der Waals surface area contributed by atoms with Gasteiger partial charge in [0.2, 0.25) is 0 Å². The third-order valence-corrected chi connectivity index (χ3v) is 6.08. The molecule has 1 aliphatic carbocycles. The second-order valence-electron chi connectivity index (χ2n) is 7.83. The average Bonchev–Trinajstić information content (AvgIpc) is 3.20. The van der Waals surface area contributed by atoms with Crippen molar-refractivity contribution in [3.8, 4) is 0 Å². The molecule has 2 fully saturated rings. The third-order valence-electron chi connectivity index (χ3n) is 6.08. The van der Waals surface area contributed by atoms with Crippen molar-refractivity contribution in [2.24, 2.45) is 5.92 Å². The summed E-state index contributed by atoms with van der Waals surface area (Å²) in [6, 6.07) is 10.9. The summed E-state index contributed by atoms with van der Waals surface area (Å²) in [6.45, 7) is 5.68. The Morgan fingerprint density at radius 1 is 1.27 bits per heavy atom. The van der Waals surface area contributed by atoms with Gasteiger partial charge < -0.3 is 10.2 Å². The number of urea groups is 1. The molecule has 26 heavy (non-hydrogen) atoms. The highest BCUT2D eigenvalue weighted by Gasteiger charge is 2.34. The summed E-state index contributed by atoms with van der Waals surface area (Å²) in [5.74, 6) is 1.26. The van der Waals surface area contributed by atoms with Gasteiger partial charge in [-0.15, -0.1) is 0 Å². The van der Waals surface area contributed by atoms with E-state index in [1.165, 1.54) is 24.0 Å². The Bertz CT molecular complexity index is 744. The van der Waals surface area contributed by atoms with Crippen LogP contribution in [0.4, 0.5) is 4.79 Å². The number of likely N-dealkylation sites (tertiary alicyclic amines) is 1. The Labute approximate surface area is 155 Å². The zero-order valence-electron chi connectivity index (χ0n) is 15.7. The molecule has 2 aromatic rings. The summed E-state index contributed by atoms with van der Waals surface area (Å²) >= 11 is 0. The minimum Gasteiger partial charge on any atom is -0.338 e. The van der Waals surface area contributed by atoms with Gasteiger partial charge in [0.05, 0.1) is 11.7 Å². The van der Waals surface area contributed by atoms with Gasteiger partial charge in [-0.05, 0) is 56.9 Å². The van der Waals surface area contributed by atoms with Gasteiger partial charge in [0.1, 0.15) is 0 Å². The quantitative estimate of drug-likeness (QED) is 0.871. The molecule has 2 amide bonds. The first kappa shape index (κ1) is 17.1. The maximum Gasteiger partial charge on any atom is 0.317 e. The van der Waals surface area contributed by atoms with Crippen molar-refractivity contribution >= 4 is 6.03 Å². The minimum atomic E-state index is 0.0793. The van der Waals surface area contributed by atoms with Crippen LogP contribution in [0.1, 0.15) is 60.2 Å². The van der Waals surface area contributed by atoms with E-state index in [1.54, 1.807) is 0 Å². The topological polar surface area (TPSA) is 61.0 Å². The van der Waals surface area contributed by atoms with Gasteiger partial charge in [0.15, 0.2) is 0 Å². The molecule has 2 N–H and O–H groups in total. The standard InChI is InChI=1S/C21H28N4O/c1-14-20(15(2)24-23-14)19-9-6-10-25(19)21(26)22-13-16-11-18(12-16)17-7-4-3-5-8-17/h3-5,7-8,16,18-19H,6,9-13H2,1-2H3,(H,22,26)(H,23,24). The number of nitrogens with one attached hydrogen (secondary N) is 2. The first-order valence-electron chi connectivity index (χ1n) is 9.74. The first-order chi connectivity index (χ1) is 12.6. The number of nitrogens with zero attached hydrogens (tertiary/aromatic N) is 2. The predicted molar refractivity (Wildman–Crippen MR) is 102 cm³/mol. The zero-order chi connectivity index (χ0) is 18.1. The van der Waals surface area contributed by atoms with E-state index in [4.69, 9.17) is 0 Å². The molecule has 5 heteroatoms. The van der Waals surface area contributed by atoms with Crippen LogP contribution >= 0.6 is 0 Å². The molecule has 1 atom stereocenters. The molecule has 1 saturated heterocycles. The molecular formula is C21H28N4O. The van der Waals surface area contributed by atoms with Crippen LogP contribution in [0.3, 0.4) is 0 Å². The highest BCUT2D eigenvalue weighted by atomic mass is 16.2. The number of aromatic amines is 1. The van der Waals surface area contributed by atoms with E-state index in [2.05, 4.69) is 45.8 Å². The number of aromatic nitrogens is 2. The third kappa shape index (κ3) is 3.22.